The lowest BCUT2D eigenvalue weighted by atomic mass is 9.84. The monoisotopic (exact) mass is 301 g/mol. The molecule has 0 spiro atoms. The molecule has 3 nitrogen and oxygen atoms in total. The van der Waals surface area contributed by atoms with Crippen LogP contribution in [0.3, 0.4) is 0 Å². The predicted octanol–water partition coefficient (Wildman–Crippen LogP) is 3.39. The first-order valence-electron chi connectivity index (χ1n) is 6.89. The number of hydrogen-bond donors (Lipinski definition) is 1. The molecule has 1 fully saturated rings. The molecule has 1 atom stereocenters. The van der Waals surface area contributed by atoms with Gasteiger partial charge in [-0.2, -0.15) is 13.2 Å². The second-order valence-corrected chi connectivity index (χ2v) is 5.60. The fraction of sp³-hybridized carbons (Fsp3) is 0.533. The van der Waals surface area contributed by atoms with Gasteiger partial charge in [0.2, 0.25) is 0 Å². The summed E-state index contributed by atoms with van der Waals surface area (Å²) in [5, 5.41) is 9.32. The summed E-state index contributed by atoms with van der Waals surface area (Å²) in [5.74, 6) is -0.823. The minimum atomic E-state index is -4.35. The van der Waals surface area contributed by atoms with Crippen LogP contribution >= 0.6 is 0 Å². The number of carbonyl (C=O) groups is 1. The van der Waals surface area contributed by atoms with Crippen LogP contribution in [0, 0.1) is 5.41 Å². The van der Waals surface area contributed by atoms with Gasteiger partial charge in [-0.3, -0.25) is 9.69 Å². The van der Waals surface area contributed by atoms with Gasteiger partial charge < -0.3 is 5.11 Å². The van der Waals surface area contributed by atoms with E-state index in [1.54, 1.807) is 6.07 Å². The summed E-state index contributed by atoms with van der Waals surface area (Å²) in [7, 11) is 0. The minimum absolute atomic E-state index is 0.346. The molecule has 1 heterocycles. The number of nitrogens with zero attached hydrogens (tertiary/aromatic N) is 1. The molecular formula is C15H18F3NO2. The zero-order chi connectivity index (χ0) is 15.7. The maximum Gasteiger partial charge on any atom is 0.416 e. The predicted molar refractivity (Wildman–Crippen MR) is 71.7 cm³/mol. The van der Waals surface area contributed by atoms with Gasteiger partial charge in [-0.1, -0.05) is 25.1 Å². The highest BCUT2D eigenvalue weighted by atomic mass is 19.4. The van der Waals surface area contributed by atoms with Crippen LogP contribution in [0.2, 0.25) is 0 Å². The maximum absolute atomic E-state index is 12.7. The third-order valence-corrected chi connectivity index (χ3v) is 4.22. The van der Waals surface area contributed by atoms with Crippen molar-refractivity contribution in [3.63, 3.8) is 0 Å². The van der Waals surface area contributed by atoms with Gasteiger partial charge in [-0.25, -0.2) is 0 Å². The van der Waals surface area contributed by atoms with Crippen LogP contribution in [-0.4, -0.2) is 29.1 Å². The molecule has 0 radical (unpaired) electrons. The van der Waals surface area contributed by atoms with Crippen molar-refractivity contribution in [2.75, 3.05) is 13.1 Å². The van der Waals surface area contributed by atoms with E-state index in [1.165, 1.54) is 6.07 Å². The zero-order valence-electron chi connectivity index (χ0n) is 11.8. The van der Waals surface area contributed by atoms with E-state index in [4.69, 9.17) is 0 Å². The molecule has 2 rings (SSSR count). The van der Waals surface area contributed by atoms with E-state index in [1.807, 2.05) is 11.8 Å². The normalized spacial score (nSPS) is 23.4. The van der Waals surface area contributed by atoms with Crippen LogP contribution in [0.15, 0.2) is 24.3 Å². The number of carboxylic acid groups (broad SMARTS) is 1. The Morgan fingerprint density at radius 3 is 2.67 bits per heavy atom. The molecule has 1 N–H and O–H groups in total. The molecule has 1 aliphatic heterocycles. The molecule has 6 heteroatoms. The van der Waals surface area contributed by atoms with Gasteiger partial charge in [-0.05, 0) is 31.0 Å². The van der Waals surface area contributed by atoms with E-state index < -0.39 is 23.1 Å². The number of hydrogen-bond acceptors (Lipinski definition) is 2. The summed E-state index contributed by atoms with van der Waals surface area (Å²) >= 11 is 0. The molecular weight excluding hydrogens is 283 g/mol. The lowest BCUT2D eigenvalue weighted by Crippen LogP contribution is -2.33. The largest absolute Gasteiger partial charge is 0.481 e. The molecule has 21 heavy (non-hydrogen) atoms. The van der Waals surface area contributed by atoms with Crippen molar-refractivity contribution >= 4 is 5.97 Å². The van der Waals surface area contributed by atoms with Crippen molar-refractivity contribution in [2.24, 2.45) is 5.41 Å². The van der Waals surface area contributed by atoms with E-state index in [2.05, 4.69) is 0 Å². The Bertz CT molecular complexity index is 530. The number of rotatable bonds is 4. The minimum Gasteiger partial charge on any atom is -0.481 e. The lowest BCUT2D eigenvalue weighted by molar-refractivity contribution is -0.148. The van der Waals surface area contributed by atoms with Gasteiger partial charge in [-0.15, -0.1) is 0 Å². The molecule has 1 aromatic rings. The van der Waals surface area contributed by atoms with Crippen LogP contribution in [0.25, 0.3) is 0 Å². The van der Waals surface area contributed by atoms with Crippen molar-refractivity contribution < 1.29 is 23.1 Å². The van der Waals surface area contributed by atoms with E-state index in [-0.39, 0.29) is 0 Å². The maximum atomic E-state index is 12.7. The van der Waals surface area contributed by atoms with Gasteiger partial charge >= 0.3 is 12.1 Å². The molecule has 1 unspecified atom stereocenters. The Hall–Kier alpha value is -1.56. The molecule has 0 amide bonds. The molecule has 0 aliphatic carbocycles. The van der Waals surface area contributed by atoms with Gasteiger partial charge in [0, 0.05) is 13.1 Å². The summed E-state index contributed by atoms with van der Waals surface area (Å²) in [4.78, 5) is 13.3. The van der Waals surface area contributed by atoms with Gasteiger partial charge in [0.1, 0.15) is 0 Å². The van der Waals surface area contributed by atoms with Crippen LogP contribution in [0.4, 0.5) is 13.2 Å². The van der Waals surface area contributed by atoms with Gasteiger partial charge in [0.15, 0.2) is 0 Å². The first-order valence-corrected chi connectivity index (χ1v) is 6.89. The van der Waals surface area contributed by atoms with E-state index in [0.29, 0.717) is 38.0 Å². The molecule has 0 aromatic heterocycles. The van der Waals surface area contributed by atoms with Crippen LogP contribution < -0.4 is 0 Å². The fourth-order valence-corrected chi connectivity index (χ4v) is 2.81. The van der Waals surface area contributed by atoms with E-state index in [0.717, 1.165) is 12.1 Å². The highest BCUT2D eigenvalue weighted by Gasteiger charge is 2.43. The molecule has 1 aliphatic rings. The van der Waals surface area contributed by atoms with E-state index >= 15 is 0 Å². The average Bonchev–Trinajstić information content (AvgIpc) is 2.83. The topological polar surface area (TPSA) is 40.5 Å². The van der Waals surface area contributed by atoms with Crippen molar-refractivity contribution in [3.05, 3.63) is 35.4 Å². The van der Waals surface area contributed by atoms with Crippen molar-refractivity contribution in [3.8, 4) is 0 Å². The van der Waals surface area contributed by atoms with Crippen LogP contribution in [0.5, 0.6) is 0 Å². The molecule has 1 aromatic carbocycles. The number of halogens is 3. The smallest absolute Gasteiger partial charge is 0.416 e. The third-order valence-electron chi connectivity index (χ3n) is 4.22. The summed E-state index contributed by atoms with van der Waals surface area (Å²) in [6.07, 6.45) is -3.28. The van der Waals surface area contributed by atoms with Crippen LogP contribution in [-0.2, 0) is 17.5 Å². The van der Waals surface area contributed by atoms with Crippen molar-refractivity contribution in [1.82, 2.24) is 4.90 Å². The molecule has 0 saturated carbocycles. The summed E-state index contributed by atoms with van der Waals surface area (Å²) in [6, 6.07) is 5.20. The number of carboxylic acids is 1. The molecule has 1 saturated heterocycles. The number of benzene rings is 1. The van der Waals surface area contributed by atoms with Crippen LogP contribution in [0.1, 0.15) is 30.9 Å². The van der Waals surface area contributed by atoms with E-state index in [9.17, 15) is 23.1 Å². The zero-order valence-corrected chi connectivity index (χ0v) is 11.8. The summed E-state index contributed by atoms with van der Waals surface area (Å²) in [5.41, 5.74) is -0.872. The van der Waals surface area contributed by atoms with Gasteiger partial charge in [0.05, 0.1) is 11.0 Å². The number of alkyl halides is 3. The Balaban J connectivity index is 2.09. The first kappa shape index (κ1) is 15.8. The third kappa shape index (κ3) is 3.37. The highest BCUT2D eigenvalue weighted by Crippen LogP contribution is 2.35. The fourth-order valence-electron chi connectivity index (χ4n) is 2.81. The lowest BCUT2D eigenvalue weighted by Gasteiger charge is -2.23. The number of likely N-dealkylation sites (tertiary alicyclic amines) is 1. The second kappa shape index (κ2) is 5.67. The summed E-state index contributed by atoms with van der Waals surface area (Å²) in [6.45, 7) is 3.16. The Kier molecular flexibility index (Phi) is 4.27. The summed E-state index contributed by atoms with van der Waals surface area (Å²) < 4.78 is 38.0. The molecule has 0 bridgehead atoms. The Labute approximate surface area is 121 Å². The SMILES string of the molecule is CCC1(C(=O)O)CCN(Cc2cccc(C(F)(F)F)c2)C1. The average molecular weight is 301 g/mol. The first-order chi connectivity index (χ1) is 9.77. The number of aliphatic carboxylic acids is 1. The van der Waals surface area contributed by atoms with Crippen molar-refractivity contribution in [1.29, 1.82) is 0 Å². The van der Waals surface area contributed by atoms with Gasteiger partial charge in [0.25, 0.3) is 0 Å². The Morgan fingerprint density at radius 2 is 2.14 bits per heavy atom. The standard InChI is InChI=1S/C15H18F3NO2/c1-2-14(13(20)21)6-7-19(10-14)9-11-4-3-5-12(8-11)15(16,17)18/h3-5,8H,2,6-7,9-10H2,1H3,(H,20,21). The van der Waals surface area contributed by atoms with Crippen molar-refractivity contribution in [2.45, 2.75) is 32.5 Å². The quantitative estimate of drug-likeness (QED) is 0.926. The second-order valence-electron chi connectivity index (χ2n) is 5.60. The highest BCUT2D eigenvalue weighted by molar-refractivity contribution is 5.75. The molecule has 116 valence electrons. The Morgan fingerprint density at radius 1 is 1.43 bits per heavy atom.